The molecule has 0 atom stereocenters. The Morgan fingerprint density at radius 1 is 0.933 bits per heavy atom. The van der Waals surface area contributed by atoms with Crippen LogP contribution in [0.15, 0.2) is 83.7 Å². The normalized spacial score (nSPS) is 10.6. The number of methoxy groups -OCH3 is 1. The predicted molar refractivity (Wildman–Crippen MR) is 117 cm³/mol. The van der Waals surface area contributed by atoms with Gasteiger partial charge in [-0.25, -0.2) is 9.59 Å². The van der Waals surface area contributed by atoms with E-state index in [9.17, 15) is 9.59 Å². The van der Waals surface area contributed by atoms with Gasteiger partial charge < -0.3 is 10.1 Å². The van der Waals surface area contributed by atoms with Gasteiger partial charge in [0.15, 0.2) is 0 Å². The molecule has 0 aliphatic heterocycles. The highest BCUT2D eigenvalue weighted by Gasteiger charge is 2.14. The average Bonchev–Trinajstić information content (AvgIpc) is 2.77. The highest BCUT2D eigenvalue weighted by molar-refractivity contribution is 6.04. The van der Waals surface area contributed by atoms with E-state index in [1.165, 1.54) is 4.57 Å². The van der Waals surface area contributed by atoms with Gasteiger partial charge in [-0.3, -0.25) is 9.88 Å². The van der Waals surface area contributed by atoms with Crippen LogP contribution in [0.2, 0.25) is 0 Å². The molecule has 0 spiro atoms. The van der Waals surface area contributed by atoms with Gasteiger partial charge in [-0.05, 0) is 42.0 Å². The van der Waals surface area contributed by atoms with Crippen molar-refractivity contribution in [3.8, 4) is 5.75 Å². The zero-order valence-electron chi connectivity index (χ0n) is 16.3. The lowest BCUT2D eigenvalue weighted by Gasteiger charge is -2.16. The molecule has 1 aromatic heterocycles. The van der Waals surface area contributed by atoms with Gasteiger partial charge in [-0.1, -0.05) is 42.5 Å². The molecular formula is C23H20N4O3. The number of carbonyl (C=O) groups is 1. The Morgan fingerprint density at radius 2 is 1.63 bits per heavy atom. The van der Waals surface area contributed by atoms with Gasteiger partial charge in [0.2, 0.25) is 0 Å². The van der Waals surface area contributed by atoms with Crippen molar-refractivity contribution in [2.24, 2.45) is 0 Å². The minimum Gasteiger partial charge on any atom is -0.497 e. The summed E-state index contributed by atoms with van der Waals surface area (Å²) in [7, 11) is 1.58. The van der Waals surface area contributed by atoms with Gasteiger partial charge in [0.25, 0.3) is 0 Å². The van der Waals surface area contributed by atoms with Gasteiger partial charge >= 0.3 is 11.7 Å². The first-order valence-corrected chi connectivity index (χ1v) is 9.39. The van der Waals surface area contributed by atoms with Crippen molar-refractivity contribution >= 4 is 28.4 Å². The lowest BCUT2D eigenvalue weighted by Crippen LogP contribution is -2.30. The van der Waals surface area contributed by atoms with E-state index in [2.05, 4.69) is 15.6 Å². The van der Waals surface area contributed by atoms with Crippen molar-refractivity contribution < 1.29 is 9.53 Å². The number of fused-ring (bicyclic) bond motifs is 1. The Hall–Kier alpha value is -4.13. The topological polar surface area (TPSA) is 85.2 Å². The molecule has 7 nitrogen and oxygen atoms in total. The van der Waals surface area contributed by atoms with Gasteiger partial charge in [0.1, 0.15) is 11.6 Å². The van der Waals surface area contributed by atoms with Gasteiger partial charge in [0, 0.05) is 11.1 Å². The summed E-state index contributed by atoms with van der Waals surface area (Å²) in [5.74, 6) is 1.08. The minimum absolute atomic E-state index is 0.287. The number of hydrogen-bond acceptors (Lipinski definition) is 4. The number of nitrogens with one attached hydrogen (secondary N) is 2. The van der Waals surface area contributed by atoms with E-state index in [-0.39, 0.29) is 6.54 Å². The highest BCUT2D eigenvalue weighted by Crippen LogP contribution is 2.22. The van der Waals surface area contributed by atoms with E-state index in [0.717, 1.165) is 5.56 Å². The fourth-order valence-corrected chi connectivity index (χ4v) is 3.17. The number of aromatic nitrogens is 2. The summed E-state index contributed by atoms with van der Waals surface area (Å²) < 4.78 is 6.59. The number of hydrogen-bond donors (Lipinski definition) is 2. The summed E-state index contributed by atoms with van der Waals surface area (Å²) in [6.07, 6.45) is 0. The van der Waals surface area contributed by atoms with Crippen LogP contribution in [0.4, 0.5) is 16.3 Å². The fourth-order valence-electron chi connectivity index (χ4n) is 3.17. The fraction of sp³-hybridized carbons (Fsp3) is 0.0870. The second kappa shape index (κ2) is 8.48. The van der Waals surface area contributed by atoms with Crippen LogP contribution in [0, 0.1) is 0 Å². The molecule has 4 rings (SSSR count). The molecule has 150 valence electrons. The number of urea groups is 1. The number of nitrogens with zero attached hydrogens (tertiary/aromatic N) is 2. The molecule has 0 aliphatic carbocycles. The summed E-state index contributed by atoms with van der Waals surface area (Å²) in [5.41, 5.74) is 1.61. The number of carbonyl (C=O) groups excluding carboxylic acids is 1. The van der Waals surface area contributed by atoms with Crippen LogP contribution in [0.25, 0.3) is 10.9 Å². The minimum atomic E-state index is -0.460. The van der Waals surface area contributed by atoms with E-state index in [0.29, 0.717) is 28.2 Å². The van der Waals surface area contributed by atoms with E-state index in [1.807, 2.05) is 42.5 Å². The molecule has 4 aromatic rings. The first-order valence-electron chi connectivity index (χ1n) is 9.39. The third-order valence-electron chi connectivity index (χ3n) is 4.64. The maximum atomic E-state index is 12.7. The van der Waals surface area contributed by atoms with E-state index in [4.69, 9.17) is 4.74 Å². The largest absolute Gasteiger partial charge is 0.497 e. The van der Waals surface area contributed by atoms with Crippen molar-refractivity contribution in [2.75, 3.05) is 17.7 Å². The van der Waals surface area contributed by atoms with Crippen LogP contribution in [-0.4, -0.2) is 22.7 Å². The van der Waals surface area contributed by atoms with Crippen LogP contribution >= 0.6 is 0 Å². The molecule has 2 N–H and O–H groups in total. The molecule has 0 saturated heterocycles. The summed E-state index contributed by atoms with van der Waals surface area (Å²) in [6.45, 7) is 0.287. The Morgan fingerprint density at radius 3 is 2.37 bits per heavy atom. The van der Waals surface area contributed by atoms with Gasteiger partial charge in [-0.2, -0.15) is 4.98 Å². The van der Waals surface area contributed by atoms with Gasteiger partial charge in [0.05, 0.1) is 19.2 Å². The average molecular weight is 400 g/mol. The summed E-state index contributed by atoms with van der Waals surface area (Å²) in [5, 5.41) is 6.29. The van der Waals surface area contributed by atoms with E-state index >= 15 is 0 Å². The summed E-state index contributed by atoms with van der Waals surface area (Å²) in [4.78, 5) is 29.6. The van der Waals surface area contributed by atoms with Crippen molar-refractivity contribution in [1.29, 1.82) is 0 Å². The molecule has 0 bridgehead atoms. The molecule has 1 heterocycles. The Balaban J connectivity index is 1.69. The monoisotopic (exact) mass is 400 g/mol. The lowest BCUT2D eigenvalue weighted by molar-refractivity contribution is 0.262. The van der Waals surface area contributed by atoms with E-state index in [1.54, 1.807) is 43.5 Å². The van der Waals surface area contributed by atoms with Crippen molar-refractivity contribution in [1.82, 2.24) is 9.55 Å². The second-order valence-corrected chi connectivity index (χ2v) is 6.64. The SMILES string of the molecule is COc1ccc(NC(=O)Nc2c3ccccc3nc(=O)n2Cc2ccccc2)cc1. The van der Waals surface area contributed by atoms with Gasteiger partial charge in [-0.15, -0.1) is 0 Å². The zero-order chi connectivity index (χ0) is 20.9. The second-order valence-electron chi connectivity index (χ2n) is 6.64. The number of benzene rings is 3. The number of para-hydroxylation sites is 1. The van der Waals surface area contributed by atoms with Crippen LogP contribution in [0.5, 0.6) is 5.75 Å². The number of amides is 2. The van der Waals surface area contributed by atoms with Crippen molar-refractivity contribution in [3.63, 3.8) is 0 Å². The maximum absolute atomic E-state index is 12.7. The summed E-state index contributed by atoms with van der Waals surface area (Å²) in [6, 6.07) is 23.3. The van der Waals surface area contributed by atoms with Crippen LogP contribution in [0.1, 0.15) is 5.56 Å². The molecule has 30 heavy (non-hydrogen) atoms. The molecular weight excluding hydrogens is 380 g/mol. The number of rotatable bonds is 5. The molecule has 0 unspecified atom stereocenters. The first-order chi connectivity index (χ1) is 14.6. The zero-order valence-corrected chi connectivity index (χ0v) is 16.3. The predicted octanol–water partition coefficient (Wildman–Crippen LogP) is 4.10. The molecule has 3 aromatic carbocycles. The molecule has 0 radical (unpaired) electrons. The highest BCUT2D eigenvalue weighted by atomic mass is 16.5. The van der Waals surface area contributed by atoms with E-state index < -0.39 is 11.7 Å². The Bertz CT molecular complexity index is 1240. The first kappa shape index (κ1) is 19.2. The molecule has 7 heteroatoms. The lowest BCUT2D eigenvalue weighted by atomic mass is 10.2. The Labute approximate surface area is 173 Å². The van der Waals surface area contributed by atoms with Crippen molar-refractivity contribution in [2.45, 2.75) is 6.54 Å². The third kappa shape index (κ3) is 4.15. The maximum Gasteiger partial charge on any atom is 0.350 e. The van der Waals surface area contributed by atoms with Crippen LogP contribution < -0.4 is 21.1 Å². The molecule has 2 amide bonds. The molecule has 0 aliphatic rings. The quantitative estimate of drug-likeness (QED) is 0.528. The number of ether oxygens (including phenoxy) is 1. The third-order valence-corrected chi connectivity index (χ3v) is 4.64. The molecule has 0 fully saturated rings. The molecule has 0 saturated carbocycles. The van der Waals surface area contributed by atoms with Crippen LogP contribution in [0.3, 0.4) is 0 Å². The Kier molecular flexibility index (Phi) is 5.43. The standard InChI is InChI=1S/C23H20N4O3/c1-30-18-13-11-17(12-14-18)24-22(28)26-21-19-9-5-6-10-20(19)25-23(29)27(21)15-16-7-3-2-4-8-16/h2-14H,15H2,1H3,(H2,24,26,28). The smallest absolute Gasteiger partial charge is 0.350 e. The summed E-state index contributed by atoms with van der Waals surface area (Å²) >= 11 is 0. The number of anilines is 2. The van der Waals surface area contributed by atoms with Crippen LogP contribution in [-0.2, 0) is 6.54 Å². The van der Waals surface area contributed by atoms with Crippen molar-refractivity contribution in [3.05, 3.63) is 94.9 Å².